The Hall–Kier alpha value is -1.59. The summed E-state index contributed by atoms with van der Waals surface area (Å²) in [5.41, 5.74) is 8.28. The van der Waals surface area contributed by atoms with Gasteiger partial charge in [-0.15, -0.1) is 0 Å². The zero-order valence-electron chi connectivity index (χ0n) is 9.99. The minimum atomic E-state index is -0.439. The molecule has 0 saturated carbocycles. The molecule has 0 radical (unpaired) electrons. The van der Waals surface area contributed by atoms with E-state index in [0.29, 0.717) is 23.7 Å². The molecule has 0 aliphatic heterocycles. The minimum Gasteiger partial charge on any atom is -0.408 e. The van der Waals surface area contributed by atoms with Crippen LogP contribution in [0, 0.1) is 0 Å². The molecule has 0 saturated heterocycles. The van der Waals surface area contributed by atoms with Crippen LogP contribution in [0.25, 0.3) is 11.1 Å². The molecule has 0 spiro atoms. The fourth-order valence-electron chi connectivity index (χ4n) is 1.68. The standard InChI is InChI=1S/C12H17N3O2/c1-7(2)14-6-9(13)8-3-4-11-10(5-8)15-12(16)17-11/h3-5,7,9,14H,6,13H2,1-2H3,(H,15,16). The molecule has 17 heavy (non-hydrogen) atoms. The Morgan fingerprint density at radius 2 is 2.24 bits per heavy atom. The van der Waals surface area contributed by atoms with E-state index in [1.165, 1.54) is 0 Å². The molecular weight excluding hydrogens is 218 g/mol. The average Bonchev–Trinajstić information content (AvgIpc) is 2.64. The highest BCUT2D eigenvalue weighted by molar-refractivity contribution is 5.72. The van der Waals surface area contributed by atoms with E-state index in [9.17, 15) is 4.79 Å². The van der Waals surface area contributed by atoms with Gasteiger partial charge >= 0.3 is 5.76 Å². The van der Waals surface area contributed by atoms with E-state index in [0.717, 1.165) is 5.56 Å². The number of H-pyrrole nitrogens is 1. The van der Waals surface area contributed by atoms with Crippen LogP contribution in [-0.4, -0.2) is 17.6 Å². The van der Waals surface area contributed by atoms with Crippen molar-refractivity contribution in [3.05, 3.63) is 34.3 Å². The van der Waals surface area contributed by atoms with Crippen molar-refractivity contribution in [3.8, 4) is 0 Å². The SMILES string of the molecule is CC(C)NCC(N)c1ccc2oc(=O)[nH]c2c1. The quantitative estimate of drug-likeness (QED) is 0.741. The highest BCUT2D eigenvalue weighted by Gasteiger charge is 2.09. The molecule has 2 aromatic rings. The summed E-state index contributed by atoms with van der Waals surface area (Å²) < 4.78 is 4.93. The van der Waals surface area contributed by atoms with Gasteiger partial charge in [0.25, 0.3) is 0 Å². The van der Waals surface area contributed by atoms with Crippen LogP contribution in [-0.2, 0) is 0 Å². The summed E-state index contributed by atoms with van der Waals surface area (Å²) >= 11 is 0. The normalized spacial score (nSPS) is 13.4. The van der Waals surface area contributed by atoms with Gasteiger partial charge in [0.15, 0.2) is 5.58 Å². The van der Waals surface area contributed by atoms with Crippen molar-refractivity contribution in [1.82, 2.24) is 10.3 Å². The molecule has 1 aromatic carbocycles. The molecule has 5 heteroatoms. The van der Waals surface area contributed by atoms with Crippen LogP contribution in [0.4, 0.5) is 0 Å². The van der Waals surface area contributed by atoms with E-state index in [-0.39, 0.29) is 6.04 Å². The Morgan fingerprint density at radius 1 is 1.47 bits per heavy atom. The first kappa shape index (κ1) is 11.9. The van der Waals surface area contributed by atoms with Crippen molar-refractivity contribution in [3.63, 3.8) is 0 Å². The van der Waals surface area contributed by atoms with E-state index < -0.39 is 5.76 Å². The van der Waals surface area contributed by atoms with E-state index in [2.05, 4.69) is 24.1 Å². The lowest BCUT2D eigenvalue weighted by Crippen LogP contribution is -2.31. The van der Waals surface area contributed by atoms with Gasteiger partial charge in [0.2, 0.25) is 0 Å². The maximum atomic E-state index is 11.0. The summed E-state index contributed by atoms with van der Waals surface area (Å²) in [6.45, 7) is 4.85. The van der Waals surface area contributed by atoms with Gasteiger partial charge in [0.05, 0.1) is 5.52 Å². The van der Waals surface area contributed by atoms with Crippen LogP contribution >= 0.6 is 0 Å². The van der Waals surface area contributed by atoms with Crippen molar-refractivity contribution in [2.45, 2.75) is 25.9 Å². The third kappa shape index (κ3) is 2.75. The summed E-state index contributed by atoms with van der Waals surface area (Å²) in [6.07, 6.45) is 0. The number of hydrogen-bond donors (Lipinski definition) is 3. The Balaban J connectivity index is 2.20. The summed E-state index contributed by atoms with van der Waals surface area (Å²) in [5, 5.41) is 3.28. The molecule has 5 nitrogen and oxygen atoms in total. The predicted octanol–water partition coefficient (Wildman–Crippen LogP) is 1.12. The van der Waals surface area contributed by atoms with E-state index >= 15 is 0 Å². The monoisotopic (exact) mass is 235 g/mol. The Morgan fingerprint density at radius 3 is 2.94 bits per heavy atom. The Kier molecular flexibility index (Phi) is 3.31. The highest BCUT2D eigenvalue weighted by Crippen LogP contribution is 2.16. The van der Waals surface area contributed by atoms with Gasteiger partial charge in [-0.3, -0.25) is 4.98 Å². The van der Waals surface area contributed by atoms with Crippen molar-refractivity contribution in [1.29, 1.82) is 0 Å². The number of nitrogens with two attached hydrogens (primary N) is 1. The molecule has 1 atom stereocenters. The third-order valence-electron chi connectivity index (χ3n) is 2.62. The molecule has 1 aromatic heterocycles. The van der Waals surface area contributed by atoms with Crippen LogP contribution in [0.3, 0.4) is 0 Å². The molecule has 92 valence electrons. The molecule has 4 N–H and O–H groups in total. The van der Waals surface area contributed by atoms with E-state index in [4.69, 9.17) is 10.2 Å². The molecule has 0 aliphatic carbocycles. The molecule has 2 rings (SSSR count). The molecule has 0 amide bonds. The maximum Gasteiger partial charge on any atom is 0.417 e. The summed E-state index contributed by atoms with van der Waals surface area (Å²) in [4.78, 5) is 13.6. The van der Waals surface area contributed by atoms with Crippen molar-refractivity contribution in [2.24, 2.45) is 5.73 Å². The largest absolute Gasteiger partial charge is 0.417 e. The summed E-state index contributed by atoms with van der Waals surface area (Å²) in [6, 6.07) is 5.80. The third-order valence-corrected chi connectivity index (χ3v) is 2.62. The van der Waals surface area contributed by atoms with Crippen LogP contribution < -0.4 is 16.8 Å². The second kappa shape index (κ2) is 4.73. The van der Waals surface area contributed by atoms with Crippen molar-refractivity contribution >= 4 is 11.1 Å². The van der Waals surface area contributed by atoms with Crippen LogP contribution in [0.1, 0.15) is 25.5 Å². The lowest BCUT2D eigenvalue weighted by atomic mass is 10.1. The van der Waals surface area contributed by atoms with Gasteiger partial charge in [-0.1, -0.05) is 19.9 Å². The number of hydrogen-bond acceptors (Lipinski definition) is 4. The van der Waals surface area contributed by atoms with Crippen LogP contribution in [0.15, 0.2) is 27.4 Å². The van der Waals surface area contributed by atoms with Gasteiger partial charge < -0.3 is 15.5 Å². The van der Waals surface area contributed by atoms with Gasteiger partial charge in [0.1, 0.15) is 0 Å². The zero-order valence-corrected chi connectivity index (χ0v) is 9.99. The number of nitrogens with one attached hydrogen (secondary N) is 2. The fraction of sp³-hybridized carbons (Fsp3) is 0.417. The lowest BCUT2D eigenvalue weighted by molar-refractivity contribution is 0.537. The molecular formula is C12H17N3O2. The van der Waals surface area contributed by atoms with Crippen LogP contribution in [0.2, 0.25) is 0 Å². The second-order valence-corrected chi connectivity index (χ2v) is 4.44. The molecule has 0 fully saturated rings. The number of fused-ring (bicyclic) bond motifs is 1. The van der Waals surface area contributed by atoms with Crippen molar-refractivity contribution in [2.75, 3.05) is 6.54 Å². The van der Waals surface area contributed by atoms with Gasteiger partial charge in [-0.25, -0.2) is 4.79 Å². The number of rotatable bonds is 4. The first-order valence-electron chi connectivity index (χ1n) is 5.68. The number of benzene rings is 1. The van der Waals surface area contributed by atoms with E-state index in [1.807, 2.05) is 12.1 Å². The summed E-state index contributed by atoms with van der Waals surface area (Å²) in [7, 11) is 0. The number of aromatic nitrogens is 1. The lowest BCUT2D eigenvalue weighted by Gasteiger charge is -2.15. The van der Waals surface area contributed by atoms with Gasteiger partial charge in [-0.2, -0.15) is 0 Å². The fourth-order valence-corrected chi connectivity index (χ4v) is 1.68. The second-order valence-electron chi connectivity index (χ2n) is 4.44. The minimum absolute atomic E-state index is 0.0970. The highest BCUT2D eigenvalue weighted by atomic mass is 16.4. The van der Waals surface area contributed by atoms with Gasteiger partial charge in [0, 0.05) is 18.6 Å². The summed E-state index contributed by atoms with van der Waals surface area (Å²) in [5.74, 6) is -0.439. The molecule has 0 aliphatic rings. The van der Waals surface area contributed by atoms with E-state index in [1.54, 1.807) is 6.07 Å². The topological polar surface area (TPSA) is 84.0 Å². The number of aromatic amines is 1. The Bertz CT molecular complexity index is 556. The van der Waals surface area contributed by atoms with Crippen molar-refractivity contribution < 1.29 is 4.42 Å². The molecule has 0 bridgehead atoms. The molecule has 1 unspecified atom stereocenters. The first-order valence-corrected chi connectivity index (χ1v) is 5.68. The van der Waals surface area contributed by atoms with Gasteiger partial charge in [-0.05, 0) is 17.7 Å². The number of oxazole rings is 1. The first-order chi connectivity index (χ1) is 8.06. The van der Waals surface area contributed by atoms with Crippen LogP contribution in [0.5, 0.6) is 0 Å². The zero-order chi connectivity index (χ0) is 12.4. The molecule has 1 heterocycles. The average molecular weight is 235 g/mol. The predicted molar refractivity (Wildman–Crippen MR) is 66.9 cm³/mol. The Labute approximate surface area is 99.0 Å². The smallest absolute Gasteiger partial charge is 0.408 e. The maximum absolute atomic E-state index is 11.0.